The van der Waals surface area contributed by atoms with Crippen molar-refractivity contribution in [3.05, 3.63) is 46.6 Å². The van der Waals surface area contributed by atoms with Crippen molar-refractivity contribution in [3.63, 3.8) is 0 Å². The van der Waals surface area contributed by atoms with Gasteiger partial charge in [0.1, 0.15) is 0 Å². The number of rotatable bonds is 5. The average Bonchev–Trinajstić information content (AvgIpc) is 2.74. The molecular formula is C14H18ClN3O. The van der Waals surface area contributed by atoms with Crippen molar-refractivity contribution in [1.29, 1.82) is 0 Å². The minimum Gasteiger partial charge on any atom is -0.424 e. The molecule has 1 heterocycles. The van der Waals surface area contributed by atoms with Crippen LogP contribution >= 0.6 is 11.6 Å². The number of halogens is 1. The third-order valence-electron chi connectivity index (χ3n) is 2.91. The fourth-order valence-electron chi connectivity index (χ4n) is 1.87. The molecule has 0 radical (unpaired) electrons. The minimum atomic E-state index is 0.381. The zero-order valence-corrected chi connectivity index (χ0v) is 12.2. The van der Waals surface area contributed by atoms with Gasteiger partial charge in [-0.05, 0) is 31.5 Å². The molecule has 5 heteroatoms. The first kappa shape index (κ1) is 14.0. The predicted molar refractivity (Wildman–Crippen MR) is 74.9 cm³/mol. The summed E-state index contributed by atoms with van der Waals surface area (Å²) in [4.78, 5) is 2.26. The number of nitrogens with zero attached hydrogens (tertiary/aromatic N) is 3. The molecule has 0 bridgehead atoms. The second kappa shape index (κ2) is 6.17. The topological polar surface area (TPSA) is 42.2 Å². The van der Waals surface area contributed by atoms with Crippen LogP contribution in [0.4, 0.5) is 0 Å². The van der Waals surface area contributed by atoms with Crippen molar-refractivity contribution < 1.29 is 4.42 Å². The van der Waals surface area contributed by atoms with Gasteiger partial charge in [-0.2, -0.15) is 0 Å². The van der Waals surface area contributed by atoms with Crippen molar-refractivity contribution in [1.82, 2.24) is 15.1 Å². The molecule has 0 aliphatic heterocycles. The third-order valence-corrected chi connectivity index (χ3v) is 3.15. The summed E-state index contributed by atoms with van der Waals surface area (Å²) in [7, 11) is 0. The highest BCUT2D eigenvalue weighted by Gasteiger charge is 2.14. The van der Waals surface area contributed by atoms with Gasteiger partial charge in [0.2, 0.25) is 11.8 Å². The maximum absolute atomic E-state index is 6.01. The fraction of sp³-hybridized carbons (Fsp3) is 0.429. The number of benzene rings is 1. The molecule has 0 atom stereocenters. The van der Waals surface area contributed by atoms with E-state index in [1.165, 1.54) is 5.56 Å². The Morgan fingerprint density at radius 3 is 2.63 bits per heavy atom. The lowest BCUT2D eigenvalue weighted by Crippen LogP contribution is -2.30. The van der Waals surface area contributed by atoms with Gasteiger partial charge in [0.25, 0.3) is 0 Å². The third kappa shape index (κ3) is 4.04. The largest absolute Gasteiger partial charge is 0.424 e. The first-order valence-corrected chi connectivity index (χ1v) is 6.70. The number of hydrogen-bond donors (Lipinski definition) is 0. The van der Waals surface area contributed by atoms with E-state index < -0.39 is 0 Å². The van der Waals surface area contributed by atoms with Gasteiger partial charge in [0.15, 0.2) is 0 Å². The molecule has 0 unspecified atom stereocenters. The average molecular weight is 280 g/mol. The van der Waals surface area contributed by atoms with Crippen molar-refractivity contribution in [2.45, 2.75) is 39.9 Å². The normalized spacial score (nSPS) is 11.5. The van der Waals surface area contributed by atoms with Gasteiger partial charge < -0.3 is 4.42 Å². The van der Waals surface area contributed by atoms with Crippen LogP contribution in [0.5, 0.6) is 0 Å². The molecule has 2 rings (SSSR count). The summed E-state index contributed by atoms with van der Waals surface area (Å²) in [5.41, 5.74) is 1.18. The molecule has 2 aromatic rings. The van der Waals surface area contributed by atoms with Crippen molar-refractivity contribution in [3.8, 4) is 0 Å². The number of aryl methyl sites for hydroxylation is 1. The molecule has 0 saturated carbocycles. The van der Waals surface area contributed by atoms with Crippen LogP contribution in [0, 0.1) is 6.92 Å². The lowest BCUT2D eigenvalue weighted by Gasteiger charge is -2.24. The minimum absolute atomic E-state index is 0.381. The van der Waals surface area contributed by atoms with Crippen LogP contribution in [0.2, 0.25) is 5.02 Å². The van der Waals surface area contributed by atoms with Crippen LogP contribution < -0.4 is 0 Å². The lowest BCUT2D eigenvalue weighted by atomic mass is 10.2. The Morgan fingerprint density at radius 2 is 2.05 bits per heavy atom. The van der Waals surface area contributed by atoms with Gasteiger partial charge >= 0.3 is 0 Å². The first-order valence-electron chi connectivity index (χ1n) is 6.32. The molecule has 0 fully saturated rings. The second-order valence-corrected chi connectivity index (χ2v) is 5.28. The molecule has 1 aromatic carbocycles. The van der Waals surface area contributed by atoms with Crippen LogP contribution in [0.25, 0.3) is 0 Å². The first-order chi connectivity index (χ1) is 9.04. The molecule has 0 aliphatic rings. The molecule has 1 aromatic heterocycles. The van der Waals surface area contributed by atoms with Crippen molar-refractivity contribution >= 4 is 11.6 Å². The molecular weight excluding hydrogens is 262 g/mol. The Hall–Kier alpha value is -1.39. The van der Waals surface area contributed by atoms with Crippen LogP contribution in [0.1, 0.15) is 31.2 Å². The molecule has 0 amide bonds. The summed E-state index contributed by atoms with van der Waals surface area (Å²) in [6.07, 6.45) is 0. The Labute approximate surface area is 118 Å². The van der Waals surface area contributed by atoms with E-state index in [9.17, 15) is 0 Å². The van der Waals surface area contributed by atoms with Gasteiger partial charge in [-0.3, -0.25) is 4.90 Å². The standard InChI is InChI=1S/C14H18ClN3O/c1-10(2)18(9-14-17-16-11(3)19-14)8-12-5-4-6-13(15)7-12/h4-7,10H,8-9H2,1-3H3. The summed E-state index contributed by atoms with van der Waals surface area (Å²) in [6.45, 7) is 7.54. The van der Waals surface area contributed by atoms with Gasteiger partial charge in [0, 0.05) is 24.5 Å². The smallest absolute Gasteiger partial charge is 0.230 e. The lowest BCUT2D eigenvalue weighted by molar-refractivity contribution is 0.183. The highest BCUT2D eigenvalue weighted by molar-refractivity contribution is 6.30. The van der Waals surface area contributed by atoms with E-state index in [1.807, 2.05) is 18.2 Å². The molecule has 0 spiro atoms. The Kier molecular flexibility index (Phi) is 4.56. The van der Waals surface area contributed by atoms with E-state index in [1.54, 1.807) is 6.92 Å². The summed E-state index contributed by atoms with van der Waals surface area (Å²) < 4.78 is 5.44. The summed E-state index contributed by atoms with van der Waals surface area (Å²) >= 11 is 6.01. The van der Waals surface area contributed by atoms with Crippen molar-refractivity contribution in [2.24, 2.45) is 0 Å². The van der Waals surface area contributed by atoms with Gasteiger partial charge in [-0.1, -0.05) is 23.7 Å². The number of hydrogen-bond acceptors (Lipinski definition) is 4. The van der Waals surface area contributed by atoms with E-state index in [0.717, 1.165) is 11.6 Å². The van der Waals surface area contributed by atoms with Gasteiger partial charge in [-0.15, -0.1) is 10.2 Å². The SMILES string of the molecule is Cc1nnc(CN(Cc2cccc(Cl)c2)C(C)C)o1. The van der Waals surface area contributed by atoms with Crippen LogP contribution in [0.3, 0.4) is 0 Å². The van der Waals surface area contributed by atoms with Gasteiger partial charge in [0.05, 0.1) is 6.54 Å². The Bertz CT molecular complexity index is 539. The van der Waals surface area contributed by atoms with Crippen LogP contribution in [0.15, 0.2) is 28.7 Å². The highest BCUT2D eigenvalue weighted by Crippen LogP contribution is 2.16. The van der Waals surface area contributed by atoms with Crippen LogP contribution in [-0.4, -0.2) is 21.1 Å². The quantitative estimate of drug-likeness (QED) is 0.841. The summed E-state index contributed by atoms with van der Waals surface area (Å²) in [6, 6.07) is 8.28. The van der Waals surface area contributed by atoms with Crippen molar-refractivity contribution in [2.75, 3.05) is 0 Å². The van der Waals surface area contributed by atoms with E-state index in [0.29, 0.717) is 24.4 Å². The Balaban J connectivity index is 2.08. The zero-order valence-electron chi connectivity index (χ0n) is 11.4. The predicted octanol–water partition coefficient (Wildman–Crippen LogP) is 3.44. The zero-order chi connectivity index (χ0) is 13.8. The summed E-state index contributed by atoms with van der Waals surface area (Å²) in [5, 5.41) is 8.66. The van der Waals surface area contributed by atoms with E-state index in [4.69, 9.17) is 16.0 Å². The molecule has 4 nitrogen and oxygen atoms in total. The maximum Gasteiger partial charge on any atom is 0.230 e. The van der Waals surface area contributed by atoms with Crippen LogP contribution in [-0.2, 0) is 13.1 Å². The molecule has 0 saturated heterocycles. The Morgan fingerprint density at radius 1 is 1.26 bits per heavy atom. The fourth-order valence-corrected chi connectivity index (χ4v) is 2.08. The molecule has 0 N–H and O–H groups in total. The van der Waals surface area contributed by atoms with E-state index in [2.05, 4.69) is 35.0 Å². The molecule has 102 valence electrons. The number of aromatic nitrogens is 2. The second-order valence-electron chi connectivity index (χ2n) is 4.84. The molecule has 19 heavy (non-hydrogen) atoms. The summed E-state index contributed by atoms with van der Waals surface area (Å²) in [5.74, 6) is 1.25. The molecule has 0 aliphatic carbocycles. The highest BCUT2D eigenvalue weighted by atomic mass is 35.5. The van der Waals surface area contributed by atoms with E-state index >= 15 is 0 Å². The van der Waals surface area contributed by atoms with E-state index in [-0.39, 0.29) is 0 Å². The monoisotopic (exact) mass is 279 g/mol. The maximum atomic E-state index is 6.01. The van der Waals surface area contributed by atoms with Gasteiger partial charge in [-0.25, -0.2) is 0 Å².